The van der Waals surface area contributed by atoms with Gasteiger partial charge in [0.05, 0.1) is 33.3 Å². The van der Waals surface area contributed by atoms with Crippen LogP contribution in [0.15, 0.2) is 11.2 Å². The number of thioether (sulfide) groups is 1. The number of alkyl halides is 3. The number of halogens is 3. The minimum Gasteiger partial charge on any atom is -0.481 e. The van der Waals surface area contributed by atoms with Crippen LogP contribution in [0.1, 0.15) is 6.42 Å². The van der Waals surface area contributed by atoms with E-state index in [2.05, 4.69) is 9.97 Å². The largest absolute Gasteiger partial charge is 0.481 e. The summed E-state index contributed by atoms with van der Waals surface area (Å²) < 4.78 is 46.6. The third-order valence-electron chi connectivity index (χ3n) is 2.01. The van der Waals surface area contributed by atoms with Gasteiger partial charge in [-0.3, -0.25) is 0 Å². The highest BCUT2D eigenvalue weighted by Crippen LogP contribution is 2.32. The molecule has 1 rings (SSSR count). The Balaban J connectivity index is 2.84. The first-order chi connectivity index (χ1) is 8.87. The Hall–Kier alpha value is -1.22. The van der Waals surface area contributed by atoms with Crippen LogP contribution in [0.25, 0.3) is 0 Å². The predicted octanol–water partition coefficient (Wildman–Crippen LogP) is 1.90. The number of hydrogen-bond acceptors (Lipinski definition) is 6. The lowest BCUT2D eigenvalue weighted by Gasteiger charge is -2.15. The highest BCUT2D eigenvalue weighted by molar-refractivity contribution is 7.99. The molecule has 0 saturated carbocycles. The zero-order valence-corrected chi connectivity index (χ0v) is 11.1. The van der Waals surface area contributed by atoms with Gasteiger partial charge in [0.1, 0.15) is 0 Å². The van der Waals surface area contributed by atoms with Crippen molar-refractivity contribution >= 4 is 11.8 Å². The first-order valence-electron chi connectivity index (χ1n) is 5.19. The maximum Gasteiger partial charge on any atom is 0.390 e. The number of aromatic nitrogens is 2. The van der Waals surface area contributed by atoms with Crippen LogP contribution in [0.2, 0.25) is 0 Å². The second-order valence-corrected chi connectivity index (χ2v) is 4.74. The van der Waals surface area contributed by atoms with E-state index in [0.29, 0.717) is 0 Å². The van der Waals surface area contributed by atoms with Crippen molar-refractivity contribution in [1.82, 2.24) is 9.97 Å². The van der Waals surface area contributed by atoms with E-state index >= 15 is 0 Å². The van der Waals surface area contributed by atoms with E-state index < -0.39 is 24.5 Å². The summed E-state index contributed by atoms with van der Waals surface area (Å²) >= 11 is 0.722. The van der Waals surface area contributed by atoms with E-state index in [1.807, 2.05) is 0 Å². The van der Waals surface area contributed by atoms with Gasteiger partial charge in [-0.25, -0.2) is 0 Å². The minimum absolute atomic E-state index is 0.0551. The number of hydrogen-bond donors (Lipinski definition) is 1. The maximum absolute atomic E-state index is 12.3. The third-order valence-corrected chi connectivity index (χ3v) is 3.05. The second-order valence-electron chi connectivity index (χ2n) is 3.48. The van der Waals surface area contributed by atoms with E-state index in [0.717, 1.165) is 11.8 Å². The van der Waals surface area contributed by atoms with E-state index in [4.69, 9.17) is 14.6 Å². The Kier molecular flexibility index (Phi) is 5.67. The molecule has 1 atom stereocenters. The predicted molar refractivity (Wildman–Crippen MR) is 62.5 cm³/mol. The molecule has 1 heterocycles. The SMILES string of the molecule is COc1cc(OC)nc(SC(CO)CC(F)(F)F)n1. The van der Waals surface area contributed by atoms with Crippen LogP contribution in [0.5, 0.6) is 11.8 Å². The standard InChI is InChI=1S/C10H13F3N2O3S/c1-17-7-3-8(18-2)15-9(14-7)19-6(5-16)4-10(11,12)13/h3,6,16H,4-5H2,1-2H3. The molecule has 0 aliphatic carbocycles. The zero-order chi connectivity index (χ0) is 14.5. The third kappa shape index (κ3) is 5.52. The molecule has 0 aromatic carbocycles. The molecule has 0 amide bonds. The lowest BCUT2D eigenvalue weighted by Crippen LogP contribution is -2.20. The number of rotatable bonds is 6. The highest BCUT2D eigenvalue weighted by Gasteiger charge is 2.32. The first-order valence-corrected chi connectivity index (χ1v) is 6.07. The van der Waals surface area contributed by atoms with Gasteiger partial charge in [-0.2, -0.15) is 23.1 Å². The average molecular weight is 298 g/mol. The minimum atomic E-state index is -4.36. The molecule has 9 heteroatoms. The quantitative estimate of drug-likeness (QED) is 0.639. The molecule has 0 bridgehead atoms. The topological polar surface area (TPSA) is 64.5 Å². The van der Waals surface area contributed by atoms with E-state index in [1.165, 1.54) is 20.3 Å². The monoisotopic (exact) mass is 298 g/mol. The first kappa shape index (κ1) is 15.8. The van der Waals surface area contributed by atoms with Crippen LogP contribution < -0.4 is 9.47 Å². The van der Waals surface area contributed by atoms with Gasteiger partial charge in [0.25, 0.3) is 0 Å². The van der Waals surface area contributed by atoms with Gasteiger partial charge in [0.15, 0.2) is 5.16 Å². The van der Waals surface area contributed by atoms with Crippen molar-refractivity contribution in [3.05, 3.63) is 6.07 Å². The van der Waals surface area contributed by atoms with Crippen LogP contribution in [0.4, 0.5) is 13.2 Å². The summed E-state index contributed by atoms with van der Waals surface area (Å²) in [4.78, 5) is 7.78. The summed E-state index contributed by atoms with van der Waals surface area (Å²) in [5.74, 6) is 0.357. The molecule has 0 saturated heterocycles. The summed E-state index contributed by atoms with van der Waals surface area (Å²) in [5.41, 5.74) is 0. The summed E-state index contributed by atoms with van der Waals surface area (Å²) in [7, 11) is 2.74. The Morgan fingerprint density at radius 3 is 2.16 bits per heavy atom. The molecule has 1 unspecified atom stereocenters. The highest BCUT2D eigenvalue weighted by atomic mass is 32.2. The summed E-state index contributed by atoms with van der Waals surface area (Å²) in [6, 6.07) is 1.40. The number of nitrogens with zero attached hydrogens (tertiary/aromatic N) is 2. The summed E-state index contributed by atoms with van der Waals surface area (Å²) in [6.07, 6.45) is -5.49. The van der Waals surface area contributed by atoms with E-state index in [1.54, 1.807) is 0 Å². The van der Waals surface area contributed by atoms with Gasteiger partial charge in [-0.15, -0.1) is 0 Å². The Labute approximate surface area is 112 Å². The van der Waals surface area contributed by atoms with Crippen LogP contribution in [-0.2, 0) is 0 Å². The summed E-state index contributed by atoms with van der Waals surface area (Å²) in [6.45, 7) is -0.632. The molecule has 0 aliphatic heterocycles. The maximum atomic E-state index is 12.3. The molecule has 0 aliphatic rings. The Morgan fingerprint density at radius 1 is 1.26 bits per heavy atom. The lowest BCUT2D eigenvalue weighted by molar-refractivity contribution is -0.135. The van der Waals surface area contributed by atoms with Gasteiger partial charge >= 0.3 is 6.18 Å². The molecule has 0 spiro atoms. The summed E-state index contributed by atoms with van der Waals surface area (Å²) in [5, 5.41) is 7.95. The number of aliphatic hydroxyl groups is 1. The molecule has 0 radical (unpaired) electrons. The molecule has 1 aromatic heterocycles. The smallest absolute Gasteiger partial charge is 0.390 e. The molecular weight excluding hydrogens is 285 g/mol. The van der Waals surface area contributed by atoms with Crippen LogP contribution in [0.3, 0.4) is 0 Å². The van der Waals surface area contributed by atoms with Gasteiger partial charge in [-0.1, -0.05) is 11.8 Å². The molecule has 5 nitrogen and oxygen atoms in total. The molecule has 1 aromatic rings. The zero-order valence-electron chi connectivity index (χ0n) is 10.3. The second kappa shape index (κ2) is 6.80. The number of ether oxygens (including phenoxy) is 2. The van der Waals surface area contributed by atoms with Gasteiger partial charge in [0.2, 0.25) is 11.8 Å². The van der Waals surface area contributed by atoms with Crippen molar-refractivity contribution < 1.29 is 27.8 Å². The Morgan fingerprint density at radius 2 is 1.79 bits per heavy atom. The van der Waals surface area contributed by atoms with Crippen LogP contribution in [0, 0.1) is 0 Å². The van der Waals surface area contributed by atoms with Crippen molar-refractivity contribution in [3.8, 4) is 11.8 Å². The van der Waals surface area contributed by atoms with Crippen LogP contribution >= 0.6 is 11.8 Å². The molecule has 1 N–H and O–H groups in total. The number of aliphatic hydroxyl groups excluding tert-OH is 1. The molecule has 19 heavy (non-hydrogen) atoms. The fraction of sp³-hybridized carbons (Fsp3) is 0.600. The van der Waals surface area contributed by atoms with E-state index in [9.17, 15) is 13.2 Å². The normalized spacial score (nSPS) is 13.2. The Bertz CT molecular complexity index is 395. The average Bonchev–Trinajstić information content (AvgIpc) is 2.35. The van der Waals surface area contributed by atoms with Crippen molar-refractivity contribution in [2.24, 2.45) is 0 Å². The van der Waals surface area contributed by atoms with Crippen molar-refractivity contribution in [1.29, 1.82) is 0 Å². The van der Waals surface area contributed by atoms with E-state index in [-0.39, 0.29) is 16.9 Å². The van der Waals surface area contributed by atoms with Crippen LogP contribution in [-0.4, -0.2) is 47.3 Å². The van der Waals surface area contributed by atoms with Gasteiger partial charge < -0.3 is 14.6 Å². The number of methoxy groups -OCH3 is 2. The molecule has 108 valence electrons. The van der Waals surface area contributed by atoms with Crippen molar-refractivity contribution in [2.75, 3.05) is 20.8 Å². The van der Waals surface area contributed by atoms with Gasteiger partial charge in [0, 0.05) is 5.25 Å². The molecule has 0 fully saturated rings. The lowest BCUT2D eigenvalue weighted by atomic mass is 10.3. The fourth-order valence-electron chi connectivity index (χ4n) is 1.20. The molecular formula is C10H13F3N2O3S. The fourth-order valence-corrected chi connectivity index (χ4v) is 2.13. The van der Waals surface area contributed by atoms with Crippen molar-refractivity contribution in [3.63, 3.8) is 0 Å². The van der Waals surface area contributed by atoms with Crippen molar-refractivity contribution in [2.45, 2.75) is 23.0 Å². The van der Waals surface area contributed by atoms with Gasteiger partial charge in [-0.05, 0) is 0 Å².